The number of hydrogen-bond acceptors (Lipinski definition) is 3. The van der Waals surface area contributed by atoms with Crippen molar-refractivity contribution in [3.8, 4) is 22.3 Å². The number of nitrogens with zero attached hydrogens (tertiary/aromatic N) is 3. The highest BCUT2D eigenvalue weighted by Gasteiger charge is 2.14. The van der Waals surface area contributed by atoms with Gasteiger partial charge in [0.15, 0.2) is 0 Å². The van der Waals surface area contributed by atoms with E-state index in [4.69, 9.17) is 0 Å². The Labute approximate surface area is 127 Å². The third-order valence-electron chi connectivity index (χ3n) is 3.47. The van der Waals surface area contributed by atoms with Crippen molar-refractivity contribution in [2.45, 2.75) is 6.92 Å². The molecular weight excluding hydrogens is 278 g/mol. The summed E-state index contributed by atoms with van der Waals surface area (Å²) in [5, 5.41) is 13.6. The standard InChI is InChI=1S/C17H15N3O2/c1-11-5-13(8-18-7-11)12-3-4-15(16(6-12)17(21)22)14-9-19-20(2)10-14/h3-10H,1-2H3,(H,21,22). The molecule has 0 amide bonds. The zero-order valence-corrected chi connectivity index (χ0v) is 12.3. The Balaban J connectivity index is 2.13. The van der Waals surface area contributed by atoms with Gasteiger partial charge in [0.05, 0.1) is 11.8 Å². The van der Waals surface area contributed by atoms with Crippen LogP contribution in [0.25, 0.3) is 22.3 Å². The largest absolute Gasteiger partial charge is 0.478 e. The summed E-state index contributed by atoms with van der Waals surface area (Å²) < 4.78 is 1.65. The van der Waals surface area contributed by atoms with Crippen LogP contribution in [-0.2, 0) is 7.05 Å². The molecule has 2 heterocycles. The Kier molecular flexibility index (Phi) is 3.47. The van der Waals surface area contributed by atoms with Gasteiger partial charge in [-0.05, 0) is 35.7 Å². The molecule has 5 heteroatoms. The van der Waals surface area contributed by atoms with Crippen molar-refractivity contribution in [1.29, 1.82) is 0 Å². The molecule has 3 rings (SSSR count). The van der Waals surface area contributed by atoms with Crippen LogP contribution in [-0.4, -0.2) is 25.8 Å². The number of aromatic nitrogens is 3. The van der Waals surface area contributed by atoms with E-state index in [0.717, 1.165) is 22.3 Å². The second kappa shape index (κ2) is 5.44. The number of benzene rings is 1. The van der Waals surface area contributed by atoms with Crippen LogP contribution in [0.5, 0.6) is 0 Å². The third kappa shape index (κ3) is 2.61. The Hall–Kier alpha value is -2.95. The number of pyridine rings is 1. The number of carboxylic acids is 1. The van der Waals surface area contributed by atoms with Crippen LogP contribution in [0, 0.1) is 6.92 Å². The lowest BCUT2D eigenvalue weighted by molar-refractivity contribution is 0.0698. The van der Waals surface area contributed by atoms with Gasteiger partial charge in [0.2, 0.25) is 0 Å². The molecule has 0 saturated carbocycles. The first-order chi connectivity index (χ1) is 10.5. The molecule has 0 aliphatic rings. The van der Waals surface area contributed by atoms with Gasteiger partial charge in [0, 0.05) is 36.8 Å². The molecule has 3 aromatic rings. The minimum absolute atomic E-state index is 0.256. The third-order valence-corrected chi connectivity index (χ3v) is 3.47. The average Bonchev–Trinajstić information content (AvgIpc) is 2.93. The first-order valence-electron chi connectivity index (χ1n) is 6.83. The molecule has 0 spiro atoms. The summed E-state index contributed by atoms with van der Waals surface area (Å²) in [4.78, 5) is 15.8. The lowest BCUT2D eigenvalue weighted by Crippen LogP contribution is -2.00. The fraction of sp³-hybridized carbons (Fsp3) is 0.118. The van der Waals surface area contributed by atoms with Crippen LogP contribution in [0.15, 0.2) is 49.1 Å². The Bertz CT molecular complexity index is 853. The number of rotatable bonds is 3. The summed E-state index contributed by atoms with van der Waals surface area (Å²) in [6.45, 7) is 1.96. The number of carbonyl (C=O) groups is 1. The van der Waals surface area contributed by atoms with E-state index < -0.39 is 5.97 Å². The summed E-state index contributed by atoms with van der Waals surface area (Å²) >= 11 is 0. The van der Waals surface area contributed by atoms with Crippen molar-refractivity contribution in [2.75, 3.05) is 0 Å². The van der Waals surface area contributed by atoms with Gasteiger partial charge in [-0.25, -0.2) is 4.79 Å². The highest BCUT2D eigenvalue weighted by Crippen LogP contribution is 2.28. The van der Waals surface area contributed by atoms with Gasteiger partial charge in [0.1, 0.15) is 0 Å². The summed E-state index contributed by atoms with van der Waals surface area (Å²) in [7, 11) is 1.80. The predicted molar refractivity (Wildman–Crippen MR) is 83.6 cm³/mol. The lowest BCUT2D eigenvalue weighted by atomic mass is 9.97. The molecule has 0 saturated heterocycles. The van der Waals surface area contributed by atoms with Crippen molar-refractivity contribution >= 4 is 5.97 Å². The Morgan fingerprint density at radius 2 is 1.91 bits per heavy atom. The van der Waals surface area contributed by atoms with Gasteiger partial charge < -0.3 is 5.11 Å². The van der Waals surface area contributed by atoms with Crippen LogP contribution >= 0.6 is 0 Å². The maximum absolute atomic E-state index is 11.6. The minimum Gasteiger partial charge on any atom is -0.478 e. The smallest absolute Gasteiger partial charge is 0.336 e. The van der Waals surface area contributed by atoms with Crippen LogP contribution in [0.2, 0.25) is 0 Å². The summed E-state index contributed by atoms with van der Waals surface area (Å²) in [6.07, 6.45) is 6.97. The van der Waals surface area contributed by atoms with Crippen molar-refractivity contribution in [3.63, 3.8) is 0 Å². The van der Waals surface area contributed by atoms with Gasteiger partial charge in [-0.2, -0.15) is 5.10 Å². The number of hydrogen-bond donors (Lipinski definition) is 1. The van der Waals surface area contributed by atoms with E-state index in [0.29, 0.717) is 5.56 Å². The molecule has 0 radical (unpaired) electrons. The number of carboxylic acid groups (broad SMARTS) is 1. The molecule has 5 nitrogen and oxygen atoms in total. The Morgan fingerprint density at radius 1 is 1.09 bits per heavy atom. The topological polar surface area (TPSA) is 68.0 Å². The molecule has 0 bridgehead atoms. The van der Waals surface area contributed by atoms with Gasteiger partial charge in [-0.15, -0.1) is 0 Å². The van der Waals surface area contributed by atoms with E-state index in [1.54, 1.807) is 42.6 Å². The molecular formula is C17H15N3O2. The molecule has 0 atom stereocenters. The molecule has 22 heavy (non-hydrogen) atoms. The summed E-state index contributed by atoms with van der Waals surface area (Å²) in [6, 6.07) is 7.39. The van der Waals surface area contributed by atoms with E-state index in [9.17, 15) is 9.90 Å². The molecule has 0 aliphatic heterocycles. The number of aryl methyl sites for hydroxylation is 2. The highest BCUT2D eigenvalue weighted by atomic mass is 16.4. The zero-order chi connectivity index (χ0) is 15.7. The summed E-state index contributed by atoms with van der Waals surface area (Å²) in [5.74, 6) is -0.957. The molecule has 2 aromatic heterocycles. The monoisotopic (exact) mass is 293 g/mol. The van der Waals surface area contributed by atoms with Gasteiger partial charge in [0.25, 0.3) is 0 Å². The second-order valence-corrected chi connectivity index (χ2v) is 5.22. The van der Waals surface area contributed by atoms with Crippen molar-refractivity contribution < 1.29 is 9.90 Å². The van der Waals surface area contributed by atoms with E-state index in [-0.39, 0.29) is 5.56 Å². The molecule has 1 aromatic carbocycles. The van der Waals surface area contributed by atoms with Gasteiger partial charge in [-0.1, -0.05) is 12.1 Å². The maximum atomic E-state index is 11.6. The van der Waals surface area contributed by atoms with E-state index >= 15 is 0 Å². The fourth-order valence-electron chi connectivity index (χ4n) is 2.43. The molecule has 1 N–H and O–H groups in total. The predicted octanol–water partition coefficient (Wildman–Crippen LogP) is 3.16. The fourth-order valence-corrected chi connectivity index (χ4v) is 2.43. The second-order valence-electron chi connectivity index (χ2n) is 5.22. The maximum Gasteiger partial charge on any atom is 0.336 e. The molecule has 0 unspecified atom stereocenters. The molecule has 0 aliphatic carbocycles. The molecule has 0 fully saturated rings. The highest BCUT2D eigenvalue weighted by molar-refractivity contribution is 5.97. The minimum atomic E-state index is -0.957. The SMILES string of the molecule is Cc1cncc(-c2ccc(-c3cnn(C)c3)c(C(=O)O)c2)c1. The average molecular weight is 293 g/mol. The first kappa shape index (κ1) is 14.0. The van der Waals surface area contributed by atoms with Crippen molar-refractivity contribution in [2.24, 2.45) is 7.05 Å². The normalized spacial score (nSPS) is 10.6. The van der Waals surface area contributed by atoms with Crippen molar-refractivity contribution in [1.82, 2.24) is 14.8 Å². The Morgan fingerprint density at radius 3 is 2.55 bits per heavy atom. The van der Waals surface area contributed by atoms with Crippen molar-refractivity contribution in [3.05, 3.63) is 60.2 Å². The van der Waals surface area contributed by atoms with E-state index in [1.165, 1.54) is 0 Å². The van der Waals surface area contributed by atoms with E-state index in [1.807, 2.05) is 25.1 Å². The zero-order valence-electron chi connectivity index (χ0n) is 12.3. The van der Waals surface area contributed by atoms with Crippen LogP contribution < -0.4 is 0 Å². The van der Waals surface area contributed by atoms with Crippen LogP contribution in [0.4, 0.5) is 0 Å². The quantitative estimate of drug-likeness (QED) is 0.805. The van der Waals surface area contributed by atoms with E-state index in [2.05, 4.69) is 10.1 Å². The molecule has 110 valence electrons. The van der Waals surface area contributed by atoms with Gasteiger partial charge in [-0.3, -0.25) is 9.67 Å². The van der Waals surface area contributed by atoms with Gasteiger partial charge >= 0.3 is 5.97 Å². The summed E-state index contributed by atoms with van der Waals surface area (Å²) in [5.41, 5.74) is 4.47. The van der Waals surface area contributed by atoms with Crippen LogP contribution in [0.1, 0.15) is 15.9 Å². The lowest BCUT2D eigenvalue weighted by Gasteiger charge is -2.08. The van der Waals surface area contributed by atoms with Crippen LogP contribution in [0.3, 0.4) is 0 Å². The first-order valence-corrected chi connectivity index (χ1v) is 6.83. The number of aromatic carboxylic acids is 1.